The molecule has 0 bridgehead atoms. The second-order valence-corrected chi connectivity index (χ2v) is 15.2. The van der Waals surface area contributed by atoms with E-state index in [2.05, 4.69) is 33.9 Å². The number of epoxide rings is 1. The molecule has 0 saturated carbocycles. The monoisotopic (exact) mass is 380 g/mol. The fourth-order valence-electron chi connectivity index (χ4n) is 2.93. The van der Waals surface area contributed by atoms with Crippen LogP contribution < -0.4 is 0 Å². The van der Waals surface area contributed by atoms with E-state index in [0.29, 0.717) is 9.80 Å². The summed E-state index contributed by atoms with van der Waals surface area (Å²) >= 11 is 0. The summed E-state index contributed by atoms with van der Waals surface area (Å²) in [6, 6.07) is 8.60. The summed E-state index contributed by atoms with van der Waals surface area (Å²) in [7, 11) is -5.52. The van der Waals surface area contributed by atoms with Crippen molar-refractivity contribution in [3.8, 4) is 0 Å². The molecule has 2 aliphatic rings. The normalized spacial score (nSPS) is 27.2. The van der Waals surface area contributed by atoms with Gasteiger partial charge in [-0.15, -0.1) is 0 Å². The first-order valence-corrected chi connectivity index (χ1v) is 13.3. The number of hydrogen-bond acceptors (Lipinski definition) is 4. The summed E-state index contributed by atoms with van der Waals surface area (Å²) in [5, 5.41) is 0.0883. The van der Waals surface area contributed by atoms with Crippen LogP contribution in [-0.4, -0.2) is 35.0 Å². The number of rotatable bonds is 4. The van der Waals surface area contributed by atoms with Crippen molar-refractivity contribution in [2.75, 3.05) is 0 Å². The summed E-state index contributed by atoms with van der Waals surface area (Å²) in [4.78, 5) is 0.702. The predicted molar refractivity (Wildman–Crippen MR) is 102 cm³/mol. The minimum atomic E-state index is -3.55. The van der Waals surface area contributed by atoms with Gasteiger partial charge in [-0.05, 0) is 49.2 Å². The molecule has 4 nitrogen and oxygen atoms in total. The van der Waals surface area contributed by atoms with Crippen LogP contribution in [0, 0.1) is 0 Å². The first-order chi connectivity index (χ1) is 11.5. The molecule has 1 aliphatic heterocycles. The molecule has 0 spiro atoms. The van der Waals surface area contributed by atoms with Crippen LogP contribution in [0.2, 0.25) is 18.1 Å². The van der Waals surface area contributed by atoms with E-state index < -0.39 is 18.2 Å². The van der Waals surface area contributed by atoms with Gasteiger partial charge >= 0.3 is 0 Å². The molecule has 0 amide bonds. The summed E-state index contributed by atoms with van der Waals surface area (Å²) < 4.78 is 38.3. The van der Waals surface area contributed by atoms with Gasteiger partial charge in [-0.2, -0.15) is 0 Å². The Morgan fingerprint density at radius 1 is 1.12 bits per heavy atom. The quantitative estimate of drug-likeness (QED) is 0.577. The van der Waals surface area contributed by atoms with Crippen molar-refractivity contribution in [3.05, 3.63) is 41.3 Å². The van der Waals surface area contributed by atoms with Gasteiger partial charge in [0.1, 0.15) is 6.10 Å². The summed E-state index contributed by atoms with van der Waals surface area (Å²) in [5.41, 5.74) is 0. The number of fused-ring (bicyclic) bond motifs is 1. The zero-order valence-electron chi connectivity index (χ0n) is 15.7. The number of sulfone groups is 1. The van der Waals surface area contributed by atoms with Crippen LogP contribution in [-0.2, 0) is 19.0 Å². The number of hydrogen-bond donors (Lipinski definition) is 0. The Hall–Kier alpha value is -0.953. The molecule has 1 fully saturated rings. The van der Waals surface area contributed by atoms with Gasteiger partial charge in [-0.25, -0.2) is 8.42 Å². The van der Waals surface area contributed by atoms with Gasteiger partial charge in [0.2, 0.25) is 9.84 Å². The topological polar surface area (TPSA) is 55.9 Å². The van der Waals surface area contributed by atoms with Gasteiger partial charge in [0.15, 0.2) is 8.32 Å². The van der Waals surface area contributed by atoms with Crippen molar-refractivity contribution >= 4 is 18.2 Å². The van der Waals surface area contributed by atoms with Gasteiger partial charge in [0, 0.05) is 0 Å². The van der Waals surface area contributed by atoms with Crippen LogP contribution in [0.3, 0.4) is 0 Å². The maximum absolute atomic E-state index is 13.1. The second kappa shape index (κ2) is 6.34. The van der Waals surface area contributed by atoms with E-state index in [-0.39, 0.29) is 23.4 Å². The lowest BCUT2D eigenvalue weighted by Gasteiger charge is -2.38. The van der Waals surface area contributed by atoms with E-state index in [4.69, 9.17) is 9.16 Å². The molecule has 1 aromatic carbocycles. The zero-order chi connectivity index (χ0) is 18.5. The SMILES string of the molecule is CC(C)(C)[Si](C)(C)O[C@@H]1C=C(S(=O)(=O)c2ccccc2)[C@H]2O[C@H]2CC1. The average molecular weight is 381 g/mol. The molecule has 6 heteroatoms. The molecular weight excluding hydrogens is 352 g/mol. The second-order valence-electron chi connectivity index (χ2n) is 8.47. The van der Waals surface area contributed by atoms with E-state index in [1.807, 2.05) is 12.1 Å². The fraction of sp³-hybridized carbons (Fsp3) is 0.579. The van der Waals surface area contributed by atoms with Crippen molar-refractivity contribution in [2.24, 2.45) is 0 Å². The molecule has 3 rings (SSSR count). The van der Waals surface area contributed by atoms with Crippen LogP contribution in [0.25, 0.3) is 0 Å². The lowest BCUT2D eigenvalue weighted by molar-refractivity contribution is 0.204. The number of benzene rings is 1. The Bertz CT molecular complexity index is 762. The predicted octanol–water partition coefficient (Wildman–Crippen LogP) is 4.30. The highest BCUT2D eigenvalue weighted by atomic mass is 32.2. The van der Waals surface area contributed by atoms with Gasteiger partial charge in [0.05, 0.1) is 22.0 Å². The fourth-order valence-corrected chi connectivity index (χ4v) is 5.86. The third-order valence-electron chi connectivity index (χ3n) is 5.56. The molecule has 1 saturated heterocycles. The average Bonchev–Trinajstić information content (AvgIpc) is 3.28. The van der Waals surface area contributed by atoms with Gasteiger partial charge in [-0.3, -0.25) is 0 Å². The zero-order valence-corrected chi connectivity index (χ0v) is 17.5. The smallest absolute Gasteiger partial charge is 0.205 e. The highest BCUT2D eigenvalue weighted by molar-refractivity contribution is 7.95. The molecule has 0 unspecified atom stereocenters. The molecule has 3 atom stereocenters. The molecule has 1 aliphatic carbocycles. The van der Waals surface area contributed by atoms with Gasteiger partial charge in [0.25, 0.3) is 0 Å². The highest BCUT2D eigenvalue weighted by Crippen LogP contribution is 2.43. The van der Waals surface area contributed by atoms with Crippen LogP contribution in [0.4, 0.5) is 0 Å². The van der Waals surface area contributed by atoms with Crippen molar-refractivity contribution in [1.82, 2.24) is 0 Å². The third kappa shape index (κ3) is 3.77. The van der Waals surface area contributed by atoms with E-state index in [0.717, 1.165) is 12.8 Å². The molecule has 1 heterocycles. The van der Waals surface area contributed by atoms with Crippen molar-refractivity contribution in [3.63, 3.8) is 0 Å². The molecule has 138 valence electrons. The van der Waals surface area contributed by atoms with Crippen molar-refractivity contribution in [2.45, 2.75) is 75.0 Å². The summed E-state index contributed by atoms with van der Waals surface area (Å²) in [6.07, 6.45) is 3.01. The molecule has 0 radical (unpaired) electrons. The minimum Gasteiger partial charge on any atom is -0.411 e. The molecule has 0 N–H and O–H groups in total. The van der Waals surface area contributed by atoms with E-state index in [1.54, 1.807) is 24.3 Å². The molecule has 1 aromatic rings. The Balaban J connectivity index is 1.93. The molecular formula is C19H28O4SSi. The first-order valence-electron chi connectivity index (χ1n) is 8.87. The van der Waals surface area contributed by atoms with Crippen LogP contribution in [0.1, 0.15) is 33.6 Å². The Kier molecular flexibility index (Phi) is 4.77. The molecule has 25 heavy (non-hydrogen) atoms. The summed E-state index contributed by atoms with van der Waals surface area (Å²) in [5.74, 6) is 0. The lowest BCUT2D eigenvalue weighted by atomic mass is 10.2. The Morgan fingerprint density at radius 2 is 1.76 bits per heavy atom. The van der Waals surface area contributed by atoms with E-state index in [9.17, 15) is 8.42 Å². The van der Waals surface area contributed by atoms with Crippen molar-refractivity contribution in [1.29, 1.82) is 0 Å². The van der Waals surface area contributed by atoms with E-state index in [1.165, 1.54) is 0 Å². The van der Waals surface area contributed by atoms with Gasteiger partial charge in [-0.1, -0.05) is 39.0 Å². The summed E-state index contributed by atoms with van der Waals surface area (Å²) in [6.45, 7) is 11.0. The number of ether oxygens (including phenoxy) is 1. The molecule has 0 aromatic heterocycles. The van der Waals surface area contributed by atoms with E-state index >= 15 is 0 Å². The van der Waals surface area contributed by atoms with Crippen molar-refractivity contribution < 1.29 is 17.6 Å². The van der Waals surface area contributed by atoms with Crippen LogP contribution >= 0.6 is 0 Å². The maximum Gasteiger partial charge on any atom is 0.205 e. The standard InChI is InChI=1S/C19H28O4SSi/c1-19(2,3)25(4,5)23-14-11-12-16-18(22-16)17(13-14)24(20,21)15-9-7-6-8-10-15/h6-10,13-14,16,18H,11-12H2,1-5H3/t14-,16-,18-/m0/s1. The maximum atomic E-state index is 13.1. The Labute approximate surface area is 152 Å². The highest BCUT2D eigenvalue weighted by Gasteiger charge is 2.49. The Morgan fingerprint density at radius 3 is 2.36 bits per heavy atom. The third-order valence-corrected chi connectivity index (χ3v) is 12.0. The first kappa shape index (κ1) is 18.8. The van der Waals surface area contributed by atoms with Crippen LogP contribution in [0.15, 0.2) is 46.2 Å². The minimum absolute atomic E-state index is 0.0118. The lowest BCUT2D eigenvalue weighted by Crippen LogP contribution is -2.43. The largest absolute Gasteiger partial charge is 0.411 e. The van der Waals surface area contributed by atoms with Gasteiger partial charge < -0.3 is 9.16 Å². The van der Waals surface area contributed by atoms with Crippen LogP contribution in [0.5, 0.6) is 0 Å².